The second-order valence-corrected chi connectivity index (χ2v) is 5.27. The third-order valence-corrected chi connectivity index (χ3v) is 3.71. The van der Waals surface area contributed by atoms with Gasteiger partial charge in [-0.1, -0.05) is 12.1 Å². The zero-order valence-electron chi connectivity index (χ0n) is 11.5. The van der Waals surface area contributed by atoms with Gasteiger partial charge in [-0.15, -0.1) is 0 Å². The second-order valence-electron chi connectivity index (χ2n) is 5.27. The molecule has 1 unspecified atom stereocenters. The minimum atomic E-state index is -0.881. The molecule has 110 valence electrons. The number of nitrogens with zero attached hydrogens (tertiary/aromatic N) is 1. The summed E-state index contributed by atoms with van der Waals surface area (Å²) in [7, 11) is 0. The van der Waals surface area contributed by atoms with Gasteiger partial charge in [0.05, 0.1) is 11.4 Å². The summed E-state index contributed by atoms with van der Waals surface area (Å²) in [5.74, 6) is -2.06. The molecule has 5 heteroatoms. The average molecular weight is 292 g/mol. The Kier molecular flexibility index (Phi) is 3.49. The summed E-state index contributed by atoms with van der Waals surface area (Å²) in [6.45, 7) is 3.04. The van der Waals surface area contributed by atoms with E-state index in [-0.39, 0.29) is 11.9 Å². The van der Waals surface area contributed by atoms with Gasteiger partial charge in [-0.05, 0) is 24.6 Å². The summed E-state index contributed by atoms with van der Waals surface area (Å²) in [6, 6.07) is 8.73. The van der Waals surface area contributed by atoms with Crippen molar-refractivity contribution in [1.82, 2.24) is 0 Å². The van der Waals surface area contributed by atoms with Crippen molar-refractivity contribution < 1.29 is 13.2 Å². The van der Waals surface area contributed by atoms with Crippen molar-refractivity contribution in [3.63, 3.8) is 0 Å². The molecule has 0 aromatic heterocycles. The van der Waals surface area contributed by atoms with Gasteiger partial charge in [0.15, 0.2) is 11.6 Å². The van der Waals surface area contributed by atoms with Crippen LogP contribution in [-0.4, -0.2) is 12.6 Å². The molecule has 0 fully saturated rings. The lowest BCUT2D eigenvalue weighted by atomic mass is 10.1. The molecule has 1 aliphatic rings. The molecule has 1 N–H and O–H groups in total. The van der Waals surface area contributed by atoms with Gasteiger partial charge in [0.25, 0.3) is 0 Å². The van der Waals surface area contributed by atoms with E-state index >= 15 is 0 Å². The number of anilines is 2. The van der Waals surface area contributed by atoms with E-state index in [0.29, 0.717) is 24.5 Å². The first kappa shape index (κ1) is 13.8. The summed E-state index contributed by atoms with van der Waals surface area (Å²) < 4.78 is 40.1. The Morgan fingerprint density at radius 2 is 1.90 bits per heavy atom. The Morgan fingerprint density at radius 1 is 1.14 bits per heavy atom. The highest BCUT2D eigenvalue weighted by atomic mass is 19.2. The number of hydrogen-bond acceptors (Lipinski definition) is 2. The van der Waals surface area contributed by atoms with E-state index in [1.165, 1.54) is 18.2 Å². The SMILES string of the molecule is CC1CNc2cc(F)c(F)cc2N1Cc1cccc(F)c1. The van der Waals surface area contributed by atoms with Crippen molar-refractivity contribution in [1.29, 1.82) is 0 Å². The molecule has 0 saturated carbocycles. The normalized spacial score (nSPS) is 17.3. The Balaban J connectivity index is 1.97. The van der Waals surface area contributed by atoms with Crippen molar-refractivity contribution in [3.05, 3.63) is 59.4 Å². The van der Waals surface area contributed by atoms with E-state index in [1.54, 1.807) is 6.07 Å². The van der Waals surface area contributed by atoms with Gasteiger partial charge in [0.2, 0.25) is 0 Å². The van der Waals surface area contributed by atoms with Gasteiger partial charge >= 0.3 is 0 Å². The minimum Gasteiger partial charge on any atom is -0.381 e. The summed E-state index contributed by atoms with van der Waals surface area (Å²) in [5, 5.41) is 3.09. The van der Waals surface area contributed by atoms with E-state index in [2.05, 4.69) is 5.32 Å². The largest absolute Gasteiger partial charge is 0.381 e. The fourth-order valence-corrected chi connectivity index (χ4v) is 2.59. The van der Waals surface area contributed by atoms with Crippen LogP contribution in [0.4, 0.5) is 24.5 Å². The number of nitrogens with one attached hydrogen (secondary N) is 1. The van der Waals surface area contributed by atoms with Gasteiger partial charge in [-0.25, -0.2) is 13.2 Å². The molecule has 3 rings (SSSR count). The van der Waals surface area contributed by atoms with Crippen molar-refractivity contribution in [2.24, 2.45) is 0 Å². The molecule has 0 amide bonds. The predicted molar refractivity (Wildman–Crippen MR) is 76.9 cm³/mol. The maximum atomic E-state index is 13.5. The Labute approximate surface area is 121 Å². The second kappa shape index (κ2) is 5.31. The fraction of sp³-hybridized carbons (Fsp3) is 0.250. The molecule has 0 saturated heterocycles. The van der Waals surface area contributed by atoms with Crippen LogP contribution in [0.15, 0.2) is 36.4 Å². The van der Waals surface area contributed by atoms with Crippen LogP contribution in [0.5, 0.6) is 0 Å². The van der Waals surface area contributed by atoms with E-state index in [9.17, 15) is 13.2 Å². The third-order valence-electron chi connectivity index (χ3n) is 3.71. The molecular formula is C16H15F3N2. The van der Waals surface area contributed by atoms with Crippen LogP contribution in [0, 0.1) is 17.5 Å². The van der Waals surface area contributed by atoms with Crippen molar-refractivity contribution in [2.45, 2.75) is 19.5 Å². The number of rotatable bonds is 2. The summed E-state index contributed by atoms with van der Waals surface area (Å²) in [5.41, 5.74) is 1.94. The first-order valence-electron chi connectivity index (χ1n) is 6.78. The molecule has 0 spiro atoms. The molecule has 0 radical (unpaired) electrons. The first-order chi connectivity index (χ1) is 10.0. The fourth-order valence-electron chi connectivity index (χ4n) is 2.59. The summed E-state index contributed by atoms with van der Waals surface area (Å²) in [6.07, 6.45) is 0. The van der Waals surface area contributed by atoms with Crippen LogP contribution in [0.25, 0.3) is 0 Å². The highest BCUT2D eigenvalue weighted by Gasteiger charge is 2.24. The van der Waals surface area contributed by atoms with Gasteiger partial charge < -0.3 is 10.2 Å². The average Bonchev–Trinajstić information content (AvgIpc) is 2.44. The molecule has 21 heavy (non-hydrogen) atoms. The highest BCUT2D eigenvalue weighted by Crippen LogP contribution is 2.34. The van der Waals surface area contributed by atoms with Crippen LogP contribution < -0.4 is 10.2 Å². The van der Waals surface area contributed by atoms with Crippen molar-refractivity contribution >= 4 is 11.4 Å². The Morgan fingerprint density at radius 3 is 2.67 bits per heavy atom. The van der Waals surface area contributed by atoms with Gasteiger partial charge in [-0.2, -0.15) is 0 Å². The summed E-state index contributed by atoms with van der Waals surface area (Å²) in [4.78, 5) is 1.95. The maximum absolute atomic E-state index is 13.5. The first-order valence-corrected chi connectivity index (χ1v) is 6.78. The molecule has 0 bridgehead atoms. The van der Waals surface area contributed by atoms with E-state index in [1.807, 2.05) is 17.9 Å². The maximum Gasteiger partial charge on any atom is 0.161 e. The van der Waals surface area contributed by atoms with Crippen LogP contribution >= 0.6 is 0 Å². The molecule has 1 heterocycles. The lowest BCUT2D eigenvalue weighted by Gasteiger charge is -2.37. The predicted octanol–water partition coefficient (Wildman–Crippen LogP) is 3.92. The lowest BCUT2D eigenvalue weighted by molar-refractivity contribution is 0.506. The van der Waals surface area contributed by atoms with Gasteiger partial charge in [0, 0.05) is 31.3 Å². The van der Waals surface area contributed by atoms with Crippen LogP contribution in [-0.2, 0) is 6.54 Å². The number of halogens is 3. The smallest absolute Gasteiger partial charge is 0.161 e. The van der Waals surface area contributed by atoms with Crippen LogP contribution in [0.1, 0.15) is 12.5 Å². The molecule has 0 aliphatic carbocycles. The Hall–Kier alpha value is -2.17. The van der Waals surface area contributed by atoms with Crippen LogP contribution in [0.3, 0.4) is 0 Å². The molecule has 2 aromatic rings. The number of benzene rings is 2. The van der Waals surface area contributed by atoms with E-state index in [4.69, 9.17) is 0 Å². The highest BCUT2D eigenvalue weighted by molar-refractivity contribution is 5.73. The Bertz CT molecular complexity index is 673. The number of hydrogen-bond donors (Lipinski definition) is 1. The monoisotopic (exact) mass is 292 g/mol. The summed E-state index contributed by atoms with van der Waals surface area (Å²) >= 11 is 0. The quantitative estimate of drug-likeness (QED) is 0.902. The van der Waals surface area contributed by atoms with Crippen molar-refractivity contribution in [3.8, 4) is 0 Å². The van der Waals surface area contributed by atoms with E-state index in [0.717, 1.165) is 11.6 Å². The third kappa shape index (κ3) is 2.68. The number of fused-ring (bicyclic) bond motifs is 1. The van der Waals surface area contributed by atoms with Gasteiger partial charge in [-0.3, -0.25) is 0 Å². The molecule has 2 nitrogen and oxygen atoms in total. The lowest BCUT2D eigenvalue weighted by Crippen LogP contribution is -2.41. The zero-order valence-corrected chi connectivity index (χ0v) is 11.5. The van der Waals surface area contributed by atoms with Crippen molar-refractivity contribution in [2.75, 3.05) is 16.8 Å². The van der Waals surface area contributed by atoms with Crippen LogP contribution in [0.2, 0.25) is 0 Å². The van der Waals surface area contributed by atoms with Gasteiger partial charge in [0.1, 0.15) is 5.82 Å². The molecule has 1 aliphatic heterocycles. The molecule has 2 aromatic carbocycles. The topological polar surface area (TPSA) is 15.3 Å². The van der Waals surface area contributed by atoms with E-state index < -0.39 is 11.6 Å². The molecular weight excluding hydrogens is 277 g/mol. The molecule has 1 atom stereocenters. The standard InChI is InChI=1S/C16H15F3N2/c1-10-8-20-15-6-13(18)14(19)7-16(15)21(10)9-11-3-2-4-12(17)5-11/h2-7,10,20H,8-9H2,1H3. The minimum absolute atomic E-state index is 0.0885. The zero-order chi connectivity index (χ0) is 15.0.